The fourth-order valence-corrected chi connectivity index (χ4v) is 3.67. The van der Waals surface area contributed by atoms with Crippen molar-refractivity contribution >= 4 is 46.0 Å². The van der Waals surface area contributed by atoms with Gasteiger partial charge in [-0.15, -0.1) is 11.3 Å². The van der Waals surface area contributed by atoms with Crippen LogP contribution in [0.2, 0.25) is 5.02 Å². The standard InChI is InChI=1S/C19H21ClN4O4S/c1-2-28-19(27)24-9-7-23(8-10-24)16(25)11-15-12-29-18(21-15)22-17(26)13-3-5-14(20)6-4-13/h3-6,12H,2,7-11H2,1H3,(H,21,22,26). The summed E-state index contributed by atoms with van der Waals surface area (Å²) < 4.78 is 4.98. The summed E-state index contributed by atoms with van der Waals surface area (Å²) in [7, 11) is 0. The van der Waals surface area contributed by atoms with E-state index in [1.807, 2.05) is 0 Å². The number of piperazine rings is 1. The Morgan fingerprint density at radius 1 is 1.14 bits per heavy atom. The zero-order valence-electron chi connectivity index (χ0n) is 15.9. The molecule has 1 aromatic carbocycles. The number of halogens is 1. The molecule has 0 saturated carbocycles. The van der Waals surface area contributed by atoms with Crippen LogP contribution in [-0.4, -0.2) is 65.5 Å². The molecular weight excluding hydrogens is 416 g/mol. The number of nitrogens with one attached hydrogen (secondary N) is 1. The molecule has 0 spiro atoms. The number of carbonyl (C=O) groups excluding carboxylic acids is 3. The van der Waals surface area contributed by atoms with Crippen LogP contribution in [0.25, 0.3) is 0 Å². The van der Waals surface area contributed by atoms with Gasteiger partial charge < -0.3 is 14.5 Å². The Morgan fingerprint density at radius 2 is 1.79 bits per heavy atom. The van der Waals surface area contributed by atoms with Gasteiger partial charge in [0.2, 0.25) is 5.91 Å². The van der Waals surface area contributed by atoms with E-state index in [-0.39, 0.29) is 24.3 Å². The van der Waals surface area contributed by atoms with Crippen molar-refractivity contribution in [3.63, 3.8) is 0 Å². The third-order valence-electron chi connectivity index (χ3n) is 4.37. The van der Waals surface area contributed by atoms with Gasteiger partial charge in [0.1, 0.15) is 0 Å². The average molecular weight is 437 g/mol. The number of carbonyl (C=O) groups is 3. The lowest BCUT2D eigenvalue weighted by atomic mass is 10.2. The summed E-state index contributed by atoms with van der Waals surface area (Å²) in [6.07, 6.45) is -0.202. The number of nitrogens with zero attached hydrogens (tertiary/aromatic N) is 3. The van der Waals surface area contributed by atoms with Crippen LogP contribution in [0, 0.1) is 0 Å². The highest BCUT2D eigenvalue weighted by molar-refractivity contribution is 7.14. The molecule has 1 saturated heterocycles. The summed E-state index contributed by atoms with van der Waals surface area (Å²) in [6.45, 7) is 3.91. The zero-order valence-corrected chi connectivity index (χ0v) is 17.5. The summed E-state index contributed by atoms with van der Waals surface area (Å²) in [5, 5.41) is 5.46. The minimum Gasteiger partial charge on any atom is -0.450 e. The number of thiazole rings is 1. The van der Waals surface area contributed by atoms with Crippen LogP contribution in [0.1, 0.15) is 23.0 Å². The van der Waals surface area contributed by atoms with Crippen LogP contribution < -0.4 is 5.32 Å². The Morgan fingerprint density at radius 3 is 2.45 bits per heavy atom. The van der Waals surface area contributed by atoms with E-state index in [0.717, 1.165) is 0 Å². The summed E-state index contributed by atoms with van der Waals surface area (Å²) in [5.41, 5.74) is 1.07. The Bertz CT molecular complexity index is 879. The van der Waals surface area contributed by atoms with Crippen LogP contribution in [-0.2, 0) is 16.0 Å². The maximum atomic E-state index is 12.5. The van der Waals surface area contributed by atoms with Gasteiger partial charge in [-0.2, -0.15) is 0 Å². The first-order valence-corrected chi connectivity index (χ1v) is 10.4. The number of hydrogen-bond acceptors (Lipinski definition) is 6. The monoisotopic (exact) mass is 436 g/mol. The largest absolute Gasteiger partial charge is 0.450 e. The summed E-state index contributed by atoms with van der Waals surface area (Å²) in [5.74, 6) is -0.349. The van der Waals surface area contributed by atoms with Gasteiger partial charge >= 0.3 is 6.09 Å². The van der Waals surface area contributed by atoms with E-state index in [2.05, 4.69) is 10.3 Å². The first-order valence-electron chi connectivity index (χ1n) is 9.17. The minimum absolute atomic E-state index is 0.0608. The van der Waals surface area contributed by atoms with Crippen molar-refractivity contribution in [3.8, 4) is 0 Å². The molecule has 1 aromatic heterocycles. The molecule has 8 nitrogen and oxygen atoms in total. The van der Waals surface area contributed by atoms with Crippen molar-refractivity contribution in [2.45, 2.75) is 13.3 Å². The van der Waals surface area contributed by atoms with Gasteiger partial charge in [-0.05, 0) is 31.2 Å². The molecule has 1 aliphatic heterocycles. The molecule has 0 bridgehead atoms. The maximum absolute atomic E-state index is 12.5. The SMILES string of the molecule is CCOC(=O)N1CCN(C(=O)Cc2csc(NC(=O)c3ccc(Cl)cc3)n2)CC1. The lowest BCUT2D eigenvalue weighted by Crippen LogP contribution is -2.51. The van der Waals surface area contributed by atoms with E-state index in [0.29, 0.717) is 54.2 Å². The van der Waals surface area contributed by atoms with Gasteiger partial charge in [-0.1, -0.05) is 11.6 Å². The fourth-order valence-electron chi connectivity index (χ4n) is 2.84. The van der Waals surface area contributed by atoms with Crippen molar-refractivity contribution < 1.29 is 19.1 Å². The molecule has 3 amide bonds. The second kappa shape index (κ2) is 9.71. The smallest absolute Gasteiger partial charge is 0.409 e. The van der Waals surface area contributed by atoms with Crippen molar-refractivity contribution in [1.82, 2.24) is 14.8 Å². The summed E-state index contributed by atoms with van der Waals surface area (Å²) in [6, 6.07) is 6.55. The molecule has 0 radical (unpaired) electrons. The van der Waals surface area contributed by atoms with Crippen LogP contribution in [0.15, 0.2) is 29.6 Å². The molecule has 1 fully saturated rings. The number of hydrogen-bond donors (Lipinski definition) is 1. The number of benzene rings is 1. The van der Waals surface area contributed by atoms with Crippen LogP contribution >= 0.6 is 22.9 Å². The van der Waals surface area contributed by atoms with Crippen LogP contribution in [0.4, 0.5) is 9.93 Å². The maximum Gasteiger partial charge on any atom is 0.409 e. The molecular formula is C19H21ClN4O4S. The number of amides is 3. The van der Waals surface area contributed by atoms with E-state index in [4.69, 9.17) is 16.3 Å². The normalized spacial score (nSPS) is 13.9. The number of ether oxygens (including phenoxy) is 1. The predicted octanol–water partition coefficient (Wildman–Crippen LogP) is 2.89. The molecule has 1 aliphatic rings. The first-order chi connectivity index (χ1) is 14.0. The van der Waals surface area contributed by atoms with Crippen molar-refractivity contribution in [2.75, 3.05) is 38.1 Å². The van der Waals surface area contributed by atoms with Crippen molar-refractivity contribution in [2.24, 2.45) is 0 Å². The first kappa shape index (κ1) is 21.1. The lowest BCUT2D eigenvalue weighted by molar-refractivity contribution is -0.132. The van der Waals surface area contributed by atoms with Crippen LogP contribution in [0.5, 0.6) is 0 Å². The highest BCUT2D eigenvalue weighted by Gasteiger charge is 2.25. The Balaban J connectivity index is 1.50. The zero-order chi connectivity index (χ0) is 20.8. The Kier molecular flexibility index (Phi) is 7.05. The molecule has 29 heavy (non-hydrogen) atoms. The molecule has 1 N–H and O–H groups in total. The van der Waals surface area contributed by atoms with Gasteiger partial charge in [0.25, 0.3) is 5.91 Å². The Labute approximate surface area is 177 Å². The highest BCUT2D eigenvalue weighted by atomic mass is 35.5. The van der Waals surface area contributed by atoms with E-state index in [1.165, 1.54) is 11.3 Å². The van der Waals surface area contributed by atoms with Crippen LogP contribution in [0.3, 0.4) is 0 Å². The molecule has 2 aromatic rings. The third-order valence-corrected chi connectivity index (χ3v) is 5.43. The van der Waals surface area contributed by atoms with Gasteiger partial charge in [0.05, 0.1) is 18.7 Å². The van der Waals surface area contributed by atoms with Crippen molar-refractivity contribution in [3.05, 3.63) is 45.9 Å². The van der Waals surface area contributed by atoms with E-state index >= 15 is 0 Å². The third kappa shape index (κ3) is 5.68. The average Bonchev–Trinajstić information content (AvgIpc) is 3.15. The van der Waals surface area contributed by atoms with Gasteiger partial charge in [0, 0.05) is 42.1 Å². The highest BCUT2D eigenvalue weighted by Crippen LogP contribution is 2.18. The van der Waals surface area contributed by atoms with Crippen molar-refractivity contribution in [1.29, 1.82) is 0 Å². The van der Waals surface area contributed by atoms with E-state index in [1.54, 1.807) is 46.4 Å². The second-order valence-electron chi connectivity index (χ2n) is 6.35. The lowest BCUT2D eigenvalue weighted by Gasteiger charge is -2.34. The quantitative estimate of drug-likeness (QED) is 0.778. The predicted molar refractivity (Wildman–Crippen MR) is 110 cm³/mol. The summed E-state index contributed by atoms with van der Waals surface area (Å²) in [4.78, 5) is 44.1. The molecule has 3 rings (SSSR count). The Hall–Kier alpha value is -2.65. The number of aromatic nitrogens is 1. The van der Waals surface area contributed by atoms with E-state index in [9.17, 15) is 14.4 Å². The molecule has 10 heteroatoms. The fraction of sp³-hybridized carbons (Fsp3) is 0.368. The molecule has 154 valence electrons. The van der Waals surface area contributed by atoms with Gasteiger partial charge in [0.15, 0.2) is 5.13 Å². The summed E-state index contributed by atoms with van der Waals surface area (Å²) >= 11 is 7.09. The number of rotatable bonds is 5. The van der Waals surface area contributed by atoms with Gasteiger partial charge in [-0.3, -0.25) is 14.9 Å². The second-order valence-corrected chi connectivity index (χ2v) is 7.64. The van der Waals surface area contributed by atoms with Gasteiger partial charge in [-0.25, -0.2) is 9.78 Å². The molecule has 2 heterocycles. The van der Waals surface area contributed by atoms with E-state index < -0.39 is 0 Å². The number of anilines is 1. The molecule has 0 atom stereocenters. The molecule has 0 unspecified atom stereocenters. The molecule has 0 aliphatic carbocycles. The minimum atomic E-state index is -0.347. The topological polar surface area (TPSA) is 91.8 Å².